The molecule has 0 unspecified atom stereocenters. The molecule has 0 aromatic heterocycles. The summed E-state index contributed by atoms with van der Waals surface area (Å²) in [6.07, 6.45) is 3.52. The number of esters is 2. The Morgan fingerprint density at radius 2 is 1.55 bits per heavy atom. The van der Waals surface area contributed by atoms with E-state index in [2.05, 4.69) is 6.92 Å². The van der Waals surface area contributed by atoms with Crippen LogP contribution >= 0.6 is 0 Å². The maximum absolute atomic E-state index is 12.1. The van der Waals surface area contributed by atoms with Gasteiger partial charge in [0.05, 0.1) is 13.2 Å². The summed E-state index contributed by atoms with van der Waals surface area (Å²) < 4.78 is 10.4. The van der Waals surface area contributed by atoms with Crippen molar-refractivity contribution >= 4 is 11.9 Å². The second kappa shape index (κ2) is 9.23. The number of carbonyl (C=O) groups is 2. The van der Waals surface area contributed by atoms with E-state index in [1.54, 1.807) is 13.8 Å². The fourth-order valence-corrected chi connectivity index (χ4v) is 1.87. The Morgan fingerprint density at radius 1 is 0.955 bits per heavy atom. The van der Waals surface area contributed by atoms with E-state index < -0.39 is 17.4 Å². The standard InChI is InChI=1S/C18H26O4/c1-4-5-9-13-21-16(19)18(2,3)17(20)22-14-12-15-10-7-6-8-11-15/h6-8,10-11H,4-5,9,12-14H2,1-3H3. The minimum Gasteiger partial charge on any atom is -0.465 e. The van der Waals surface area contributed by atoms with Crippen molar-refractivity contribution in [2.24, 2.45) is 5.41 Å². The first-order chi connectivity index (χ1) is 10.5. The summed E-state index contributed by atoms with van der Waals surface area (Å²) in [4.78, 5) is 24.0. The van der Waals surface area contributed by atoms with Gasteiger partial charge in [0.25, 0.3) is 0 Å². The van der Waals surface area contributed by atoms with Crippen molar-refractivity contribution in [3.8, 4) is 0 Å². The number of rotatable bonds is 9. The van der Waals surface area contributed by atoms with Crippen LogP contribution in [0.2, 0.25) is 0 Å². The Bertz CT molecular complexity index is 465. The molecule has 0 aliphatic heterocycles. The monoisotopic (exact) mass is 306 g/mol. The minimum atomic E-state index is -1.26. The zero-order chi connectivity index (χ0) is 16.4. The van der Waals surface area contributed by atoms with Gasteiger partial charge in [-0.3, -0.25) is 9.59 Å². The number of hydrogen-bond acceptors (Lipinski definition) is 4. The minimum absolute atomic E-state index is 0.259. The molecule has 22 heavy (non-hydrogen) atoms. The zero-order valence-corrected chi connectivity index (χ0v) is 13.8. The molecule has 1 aromatic carbocycles. The van der Waals surface area contributed by atoms with E-state index in [0.717, 1.165) is 24.8 Å². The maximum Gasteiger partial charge on any atom is 0.322 e. The average Bonchev–Trinajstić information content (AvgIpc) is 2.52. The summed E-state index contributed by atoms with van der Waals surface area (Å²) in [6, 6.07) is 9.76. The predicted molar refractivity (Wildman–Crippen MR) is 85.4 cm³/mol. The molecule has 0 fully saturated rings. The number of hydrogen-bond donors (Lipinski definition) is 0. The summed E-state index contributed by atoms with van der Waals surface area (Å²) in [5.41, 5.74) is -0.168. The summed E-state index contributed by atoms with van der Waals surface area (Å²) in [5, 5.41) is 0. The van der Waals surface area contributed by atoms with Crippen LogP contribution in [0.5, 0.6) is 0 Å². The highest BCUT2D eigenvalue weighted by atomic mass is 16.6. The van der Waals surface area contributed by atoms with Crippen LogP contribution in [0.1, 0.15) is 45.6 Å². The molecule has 0 heterocycles. The van der Waals surface area contributed by atoms with Crippen LogP contribution in [-0.2, 0) is 25.5 Å². The molecular formula is C18H26O4. The van der Waals surface area contributed by atoms with E-state index in [-0.39, 0.29) is 6.61 Å². The maximum atomic E-state index is 12.1. The molecular weight excluding hydrogens is 280 g/mol. The molecule has 1 rings (SSSR count). The largest absolute Gasteiger partial charge is 0.465 e. The van der Waals surface area contributed by atoms with E-state index in [0.29, 0.717) is 13.0 Å². The number of carbonyl (C=O) groups excluding carboxylic acids is 2. The van der Waals surface area contributed by atoms with Crippen LogP contribution in [0.15, 0.2) is 30.3 Å². The van der Waals surface area contributed by atoms with Gasteiger partial charge in [-0.05, 0) is 25.8 Å². The van der Waals surface area contributed by atoms with Crippen molar-refractivity contribution in [1.29, 1.82) is 0 Å². The lowest BCUT2D eigenvalue weighted by Crippen LogP contribution is -2.37. The van der Waals surface area contributed by atoms with Crippen molar-refractivity contribution in [3.05, 3.63) is 35.9 Å². The van der Waals surface area contributed by atoms with E-state index >= 15 is 0 Å². The van der Waals surface area contributed by atoms with E-state index in [1.807, 2.05) is 30.3 Å². The summed E-state index contributed by atoms with van der Waals surface area (Å²) >= 11 is 0. The van der Waals surface area contributed by atoms with Crippen molar-refractivity contribution in [2.75, 3.05) is 13.2 Å². The van der Waals surface area contributed by atoms with E-state index in [4.69, 9.17) is 9.47 Å². The topological polar surface area (TPSA) is 52.6 Å². The van der Waals surface area contributed by atoms with Gasteiger partial charge in [0.1, 0.15) is 0 Å². The van der Waals surface area contributed by atoms with Crippen molar-refractivity contribution < 1.29 is 19.1 Å². The molecule has 0 spiro atoms. The molecule has 0 aliphatic rings. The van der Waals surface area contributed by atoms with E-state index in [1.165, 1.54) is 0 Å². The van der Waals surface area contributed by atoms with Crippen LogP contribution in [0.4, 0.5) is 0 Å². The van der Waals surface area contributed by atoms with E-state index in [9.17, 15) is 9.59 Å². The molecule has 0 amide bonds. The highest BCUT2D eigenvalue weighted by molar-refractivity contribution is 5.99. The lowest BCUT2D eigenvalue weighted by atomic mass is 9.94. The molecule has 1 aromatic rings. The first kappa shape index (κ1) is 18.2. The quantitative estimate of drug-likeness (QED) is 0.398. The lowest BCUT2D eigenvalue weighted by Gasteiger charge is -2.20. The molecule has 4 nitrogen and oxygen atoms in total. The van der Waals surface area contributed by atoms with Gasteiger partial charge in [-0.25, -0.2) is 0 Å². The highest BCUT2D eigenvalue weighted by Crippen LogP contribution is 2.20. The molecule has 0 aliphatic carbocycles. The second-order valence-corrected chi connectivity index (χ2v) is 5.84. The molecule has 0 bridgehead atoms. The number of ether oxygens (including phenoxy) is 2. The average molecular weight is 306 g/mol. The molecule has 0 radical (unpaired) electrons. The van der Waals surface area contributed by atoms with Crippen molar-refractivity contribution in [2.45, 2.75) is 46.5 Å². The van der Waals surface area contributed by atoms with Gasteiger partial charge in [0.15, 0.2) is 5.41 Å². The third-order valence-corrected chi connectivity index (χ3v) is 3.47. The smallest absolute Gasteiger partial charge is 0.322 e. The second-order valence-electron chi connectivity index (χ2n) is 5.84. The fraction of sp³-hybridized carbons (Fsp3) is 0.556. The Morgan fingerprint density at radius 3 is 2.14 bits per heavy atom. The Balaban J connectivity index is 2.36. The molecule has 0 atom stereocenters. The fourth-order valence-electron chi connectivity index (χ4n) is 1.87. The SMILES string of the molecule is CCCCCOC(=O)C(C)(C)C(=O)OCCc1ccccc1. The van der Waals surface area contributed by atoms with Crippen LogP contribution < -0.4 is 0 Å². The number of benzene rings is 1. The predicted octanol–water partition coefficient (Wildman–Crippen LogP) is 3.53. The van der Waals surface area contributed by atoms with Gasteiger partial charge in [-0.1, -0.05) is 50.1 Å². The van der Waals surface area contributed by atoms with Crippen LogP contribution in [0.25, 0.3) is 0 Å². The highest BCUT2D eigenvalue weighted by Gasteiger charge is 2.39. The van der Waals surface area contributed by atoms with Gasteiger partial charge >= 0.3 is 11.9 Å². The molecule has 122 valence electrons. The van der Waals surface area contributed by atoms with Gasteiger partial charge in [-0.15, -0.1) is 0 Å². The first-order valence-electron chi connectivity index (χ1n) is 7.87. The van der Waals surface area contributed by atoms with Crippen molar-refractivity contribution in [3.63, 3.8) is 0 Å². The van der Waals surface area contributed by atoms with Gasteiger partial charge < -0.3 is 9.47 Å². The van der Waals surface area contributed by atoms with Gasteiger partial charge in [-0.2, -0.15) is 0 Å². The summed E-state index contributed by atoms with van der Waals surface area (Å²) in [7, 11) is 0. The summed E-state index contributed by atoms with van der Waals surface area (Å²) in [5.74, 6) is -1.06. The molecule has 0 saturated carbocycles. The lowest BCUT2D eigenvalue weighted by molar-refractivity contribution is -0.169. The van der Waals surface area contributed by atoms with Crippen LogP contribution in [0.3, 0.4) is 0 Å². The Labute approximate surface area is 132 Å². The molecule has 0 saturated heterocycles. The zero-order valence-electron chi connectivity index (χ0n) is 13.8. The third kappa shape index (κ3) is 5.88. The Hall–Kier alpha value is -1.84. The van der Waals surface area contributed by atoms with Crippen LogP contribution in [-0.4, -0.2) is 25.2 Å². The summed E-state index contributed by atoms with van der Waals surface area (Å²) in [6.45, 7) is 5.78. The number of unbranched alkanes of at least 4 members (excludes halogenated alkanes) is 2. The van der Waals surface area contributed by atoms with Gasteiger partial charge in [0, 0.05) is 6.42 Å². The molecule has 0 N–H and O–H groups in total. The first-order valence-corrected chi connectivity index (χ1v) is 7.87. The third-order valence-electron chi connectivity index (χ3n) is 3.47. The van der Waals surface area contributed by atoms with Crippen LogP contribution in [0, 0.1) is 5.41 Å². The Kier molecular flexibility index (Phi) is 7.64. The normalized spacial score (nSPS) is 11.0. The molecule has 4 heteroatoms. The van der Waals surface area contributed by atoms with Crippen molar-refractivity contribution in [1.82, 2.24) is 0 Å². The van der Waals surface area contributed by atoms with Gasteiger partial charge in [0.2, 0.25) is 0 Å².